The van der Waals surface area contributed by atoms with Gasteiger partial charge in [-0.1, -0.05) is 13.8 Å². The Hall–Kier alpha value is -0.340. The average Bonchev–Trinajstić information content (AvgIpc) is 2.63. The standard InChI is InChI=1S/C16H27NS/c1-10-6-7-15(8-11(10)2)17-13(4)16-9-12(3)18-14(16)5/h9-11,13,15,17H,6-8H2,1-5H3. The van der Waals surface area contributed by atoms with Gasteiger partial charge in [-0.3, -0.25) is 0 Å². The van der Waals surface area contributed by atoms with Crippen molar-refractivity contribution < 1.29 is 0 Å². The molecular weight excluding hydrogens is 238 g/mol. The highest BCUT2D eigenvalue weighted by Gasteiger charge is 2.25. The van der Waals surface area contributed by atoms with Crippen LogP contribution in [0.1, 0.15) is 61.4 Å². The third-order valence-electron chi connectivity index (χ3n) is 4.63. The molecule has 0 bridgehead atoms. The lowest BCUT2D eigenvalue weighted by Crippen LogP contribution is -2.37. The van der Waals surface area contributed by atoms with Crippen molar-refractivity contribution in [1.82, 2.24) is 5.32 Å². The van der Waals surface area contributed by atoms with E-state index in [1.54, 1.807) is 0 Å². The van der Waals surface area contributed by atoms with Crippen molar-refractivity contribution in [3.05, 3.63) is 21.4 Å². The van der Waals surface area contributed by atoms with E-state index >= 15 is 0 Å². The molecule has 1 aliphatic carbocycles. The van der Waals surface area contributed by atoms with Crippen molar-refractivity contribution in [1.29, 1.82) is 0 Å². The molecule has 0 radical (unpaired) electrons. The van der Waals surface area contributed by atoms with Crippen molar-refractivity contribution >= 4 is 11.3 Å². The predicted molar refractivity (Wildman–Crippen MR) is 81.3 cm³/mol. The monoisotopic (exact) mass is 265 g/mol. The number of thiophene rings is 1. The highest BCUT2D eigenvalue weighted by atomic mass is 32.1. The largest absolute Gasteiger partial charge is 0.307 e. The van der Waals surface area contributed by atoms with Gasteiger partial charge in [-0.15, -0.1) is 11.3 Å². The summed E-state index contributed by atoms with van der Waals surface area (Å²) in [5, 5.41) is 3.85. The van der Waals surface area contributed by atoms with Crippen LogP contribution in [0.2, 0.25) is 0 Å². The van der Waals surface area contributed by atoms with Crippen LogP contribution in [0.3, 0.4) is 0 Å². The summed E-state index contributed by atoms with van der Waals surface area (Å²) in [6, 6.07) is 3.57. The van der Waals surface area contributed by atoms with Gasteiger partial charge in [-0.05, 0) is 63.5 Å². The van der Waals surface area contributed by atoms with E-state index in [0.29, 0.717) is 12.1 Å². The first-order valence-corrected chi connectivity index (χ1v) is 8.12. The van der Waals surface area contributed by atoms with Crippen LogP contribution >= 0.6 is 11.3 Å². The summed E-state index contributed by atoms with van der Waals surface area (Å²) in [6.07, 6.45) is 4.07. The third kappa shape index (κ3) is 3.16. The smallest absolute Gasteiger partial charge is 0.0305 e. The van der Waals surface area contributed by atoms with Gasteiger partial charge in [-0.2, -0.15) is 0 Å². The molecule has 4 atom stereocenters. The molecule has 1 saturated carbocycles. The Labute approximate surface area is 116 Å². The summed E-state index contributed by atoms with van der Waals surface area (Å²) in [6.45, 7) is 11.6. The maximum Gasteiger partial charge on any atom is 0.0305 e. The summed E-state index contributed by atoms with van der Waals surface area (Å²) < 4.78 is 0. The normalized spacial score (nSPS) is 30.4. The molecule has 102 valence electrons. The Morgan fingerprint density at radius 3 is 2.50 bits per heavy atom. The van der Waals surface area contributed by atoms with E-state index in [1.165, 1.54) is 34.6 Å². The third-order valence-corrected chi connectivity index (χ3v) is 5.61. The van der Waals surface area contributed by atoms with Crippen LogP contribution in [0.4, 0.5) is 0 Å². The second-order valence-electron chi connectivity index (χ2n) is 6.22. The first kappa shape index (κ1) is 14.1. The van der Waals surface area contributed by atoms with E-state index in [2.05, 4.69) is 46.0 Å². The quantitative estimate of drug-likeness (QED) is 0.824. The number of hydrogen-bond donors (Lipinski definition) is 1. The van der Waals surface area contributed by atoms with Gasteiger partial charge in [0.25, 0.3) is 0 Å². The molecule has 1 aromatic rings. The van der Waals surface area contributed by atoms with Crippen molar-refractivity contribution in [2.75, 3.05) is 0 Å². The Kier molecular flexibility index (Phi) is 4.50. The molecule has 1 nitrogen and oxygen atoms in total. The van der Waals surface area contributed by atoms with Gasteiger partial charge >= 0.3 is 0 Å². The zero-order valence-electron chi connectivity index (χ0n) is 12.4. The van der Waals surface area contributed by atoms with Crippen molar-refractivity contribution in [2.24, 2.45) is 11.8 Å². The van der Waals surface area contributed by atoms with E-state index in [1.807, 2.05) is 11.3 Å². The van der Waals surface area contributed by atoms with Gasteiger partial charge < -0.3 is 5.32 Å². The van der Waals surface area contributed by atoms with Gasteiger partial charge in [-0.25, -0.2) is 0 Å². The van der Waals surface area contributed by atoms with Gasteiger partial charge in [0.2, 0.25) is 0 Å². The molecule has 0 saturated heterocycles. The maximum absolute atomic E-state index is 3.85. The molecule has 2 rings (SSSR count). The molecule has 1 aromatic heterocycles. The summed E-state index contributed by atoms with van der Waals surface area (Å²) >= 11 is 1.92. The molecule has 1 N–H and O–H groups in total. The SMILES string of the molecule is Cc1cc(C(C)NC2CCC(C)C(C)C2)c(C)s1. The first-order chi connectivity index (χ1) is 8.47. The number of nitrogens with one attached hydrogen (secondary N) is 1. The lowest BCUT2D eigenvalue weighted by Gasteiger charge is -2.34. The van der Waals surface area contributed by atoms with Crippen LogP contribution in [0.25, 0.3) is 0 Å². The molecule has 1 aliphatic rings. The van der Waals surface area contributed by atoms with Crippen LogP contribution < -0.4 is 5.32 Å². The first-order valence-electron chi connectivity index (χ1n) is 7.30. The topological polar surface area (TPSA) is 12.0 Å². The molecule has 1 heterocycles. The van der Waals surface area contributed by atoms with Crippen LogP contribution in [0.15, 0.2) is 6.07 Å². The zero-order chi connectivity index (χ0) is 13.3. The molecule has 0 aromatic carbocycles. The van der Waals surface area contributed by atoms with Crippen LogP contribution in [0, 0.1) is 25.7 Å². The molecule has 4 unspecified atom stereocenters. The Morgan fingerprint density at radius 2 is 1.94 bits per heavy atom. The summed E-state index contributed by atoms with van der Waals surface area (Å²) in [5.41, 5.74) is 1.50. The second-order valence-corrected chi connectivity index (χ2v) is 7.68. The Balaban J connectivity index is 1.95. The fraction of sp³-hybridized carbons (Fsp3) is 0.750. The highest BCUT2D eigenvalue weighted by molar-refractivity contribution is 7.12. The number of aryl methyl sites for hydroxylation is 2. The number of hydrogen-bond acceptors (Lipinski definition) is 2. The Bertz CT molecular complexity index is 396. The van der Waals surface area contributed by atoms with Gasteiger partial charge in [0.05, 0.1) is 0 Å². The second kappa shape index (κ2) is 5.75. The van der Waals surface area contributed by atoms with E-state index < -0.39 is 0 Å². The van der Waals surface area contributed by atoms with E-state index in [-0.39, 0.29) is 0 Å². The minimum Gasteiger partial charge on any atom is -0.307 e. The average molecular weight is 265 g/mol. The summed E-state index contributed by atoms with van der Waals surface area (Å²) in [5.74, 6) is 1.78. The molecule has 0 spiro atoms. The maximum atomic E-state index is 3.85. The zero-order valence-corrected chi connectivity index (χ0v) is 13.2. The highest BCUT2D eigenvalue weighted by Crippen LogP contribution is 2.32. The lowest BCUT2D eigenvalue weighted by molar-refractivity contribution is 0.217. The van der Waals surface area contributed by atoms with Crippen LogP contribution in [0.5, 0.6) is 0 Å². The minimum atomic E-state index is 0.501. The molecular formula is C16H27NS. The van der Waals surface area contributed by atoms with Gasteiger partial charge in [0, 0.05) is 21.8 Å². The lowest BCUT2D eigenvalue weighted by atomic mass is 9.79. The van der Waals surface area contributed by atoms with Gasteiger partial charge in [0.1, 0.15) is 0 Å². The van der Waals surface area contributed by atoms with Crippen molar-refractivity contribution in [3.63, 3.8) is 0 Å². The fourth-order valence-electron chi connectivity index (χ4n) is 3.22. The summed E-state index contributed by atoms with van der Waals surface area (Å²) in [7, 11) is 0. The van der Waals surface area contributed by atoms with Gasteiger partial charge in [0.15, 0.2) is 0 Å². The minimum absolute atomic E-state index is 0.501. The van der Waals surface area contributed by atoms with Crippen molar-refractivity contribution in [3.8, 4) is 0 Å². The Morgan fingerprint density at radius 1 is 1.22 bits per heavy atom. The molecule has 0 aliphatic heterocycles. The predicted octanol–water partition coefficient (Wildman–Crippen LogP) is 4.84. The molecule has 18 heavy (non-hydrogen) atoms. The summed E-state index contributed by atoms with van der Waals surface area (Å²) in [4.78, 5) is 2.91. The van der Waals surface area contributed by atoms with Crippen molar-refractivity contribution in [2.45, 2.75) is 66.0 Å². The molecule has 1 fully saturated rings. The van der Waals surface area contributed by atoms with E-state index in [4.69, 9.17) is 0 Å². The molecule has 0 amide bonds. The fourth-order valence-corrected chi connectivity index (χ4v) is 4.25. The van der Waals surface area contributed by atoms with E-state index in [0.717, 1.165) is 11.8 Å². The van der Waals surface area contributed by atoms with Crippen LogP contribution in [-0.2, 0) is 0 Å². The number of rotatable bonds is 3. The molecule has 2 heteroatoms. The van der Waals surface area contributed by atoms with Crippen LogP contribution in [-0.4, -0.2) is 6.04 Å². The van der Waals surface area contributed by atoms with E-state index in [9.17, 15) is 0 Å².